The number of hydrogen-bond acceptors (Lipinski definition) is 4. The van der Waals surface area contributed by atoms with Gasteiger partial charge in [0.2, 0.25) is 0 Å². The van der Waals surface area contributed by atoms with Crippen LogP contribution < -0.4 is 10.6 Å². The van der Waals surface area contributed by atoms with Gasteiger partial charge in [0.05, 0.1) is 6.61 Å². The van der Waals surface area contributed by atoms with Gasteiger partial charge in [-0.3, -0.25) is 0 Å². The Morgan fingerprint density at radius 1 is 1.41 bits per heavy atom. The van der Waals surface area contributed by atoms with Crippen molar-refractivity contribution in [2.45, 2.75) is 39.3 Å². The van der Waals surface area contributed by atoms with Gasteiger partial charge in [0.1, 0.15) is 5.82 Å². The van der Waals surface area contributed by atoms with Gasteiger partial charge in [-0.2, -0.15) is 0 Å². The van der Waals surface area contributed by atoms with E-state index in [4.69, 9.17) is 5.73 Å². The highest BCUT2D eigenvalue weighted by molar-refractivity contribution is 5.42. The van der Waals surface area contributed by atoms with Crippen molar-refractivity contribution in [2.24, 2.45) is 5.73 Å². The summed E-state index contributed by atoms with van der Waals surface area (Å²) in [4.78, 5) is 6.55. The Hall–Kier alpha value is -1.13. The van der Waals surface area contributed by atoms with Gasteiger partial charge in [-0.1, -0.05) is 13.8 Å². The van der Waals surface area contributed by atoms with E-state index in [2.05, 4.69) is 23.7 Å². The second kappa shape index (κ2) is 7.25. The molecule has 4 heteroatoms. The van der Waals surface area contributed by atoms with Crippen LogP contribution in [0.1, 0.15) is 32.3 Å². The van der Waals surface area contributed by atoms with Crippen LogP contribution in [0, 0.1) is 0 Å². The first kappa shape index (κ1) is 13.9. The molecule has 0 aliphatic heterocycles. The fourth-order valence-corrected chi connectivity index (χ4v) is 2.07. The van der Waals surface area contributed by atoms with Gasteiger partial charge in [0.25, 0.3) is 0 Å². The number of rotatable bonds is 7. The molecule has 0 amide bonds. The van der Waals surface area contributed by atoms with E-state index in [0.717, 1.165) is 24.2 Å². The van der Waals surface area contributed by atoms with Crippen LogP contribution in [0.2, 0.25) is 0 Å². The number of pyridine rings is 1. The molecule has 0 fully saturated rings. The maximum atomic E-state index is 9.17. The molecule has 0 spiro atoms. The van der Waals surface area contributed by atoms with Crippen molar-refractivity contribution in [1.29, 1.82) is 0 Å². The zero-order valence-corrected chi connectivity index (χ0v) is 10.8. The lowest BCUT2D eigenvalue weighted by atomic mass is 10.1. The largest absolute Gasteiger partial charge is 0.395 e. The highest BCUT2D eigenvalue weighted by Crippen LogP contribution is 2.18. The van der Waals surface area contributed by atoms with Crippen molar-refractivity contribution in [1.82, 2.24) is 4.98 Å². The third kappa shape index (κ3) is 3.68. The van der Waals surface area contributed by atoms with E-state index in [-0.39, 0.29) is 6.61 Å². The van der Waals surface area contributed by atoms with E-state index in [1.54, 1.807) is 6.20 Å². The molecule has 3 N–H and O–H groups in total. The summed E-state index contributed by atoms with van der Waals surface area (Å²) >= 11 is 0. The summed E-state index contributed by atoms with van der Waals surface area (Å²) in [6.45, 7) is 5.60. The smallest absolute Gasteiger partial charge is 0.129 e. The average Bonchev–Trinajstić information content (AvgIpc) is 2.39. The van der Waals surface area contributed by atoms with Crippen molar-refractivity contribution in [3.8, 4) is 0 Å². The molecule has 1 aromatic rings. The Balaban J connectivity index is 2.94. The minimum absolute atomic E-state index is 0.144. The normalized spacial score (nSPS) is 10.9. The lowest BCUT2D eigenvalue weighted by molar-refractivity contribution is 0.295. The van der Waals surface area contributed by atoms with Gasteiger partial charge >= 0.3 is 0 Å². The molecule has 0 radical (unpaired) electrons. The first-order valence-corrected chi connectivity index (χ1v) is 6.29. The molecule has 1 rings (SSSR count). The molecule has 4 nitrogen and oxygen atoms in total. The Morgan fingerprint density at radius 3 is 2.65 bits per heavy atom. The Labute approximate surface area is 103 Å². The zero-order valence-electron chi connectivity index (χ0n) is 10.8. The second-order valence-corrected chi connectivity index (χ2v) is 4.11. The van der Waals surface area contributed by atoms with Gasteiger partial charge < -0.3 is 15.7 Å². The molecule has 17 heavy (non-hydrogen) atoms. The predicted molar refractivity (Wildman–Crippen MR) is 70.9 cm³/mol. The topological polar surface area (TPSA) is 62.4 Å². The van der Waals surface area contributed by atoms with Crippen LogP contribution in [0.3, 0.4) is 0 Å². The predicted octanol–water partition coefficient (Wildman–Crippen LogP) is 1.53. The van der Waals surface area contributed by atoms with Crippen LogP contribution in [0.5, 0.6) is 0 Å². The maximum Gasteiger partial charge on any atom is 0.129 e. The molecular formula is C13H23N3O. The van der Waals surface area contributed by atoms with Crippen molar-refractivity contribution >= 4 is 5.82 Å². The molecule has 0 bridgehead atoms. The van der Waals surface area contributed by atoms with Crippen LogP contribution in [-0.4, -0.2) is 29.3 Å². The van der Waals surface area contributed by atoms with Gasteiger partial charge in [-0.05, 0) is 30.5 Å². The number of nitrogens with zero attached hydrogens (tertiary/aromatic N) is 2. The van der Waals surface area contributed by atoms with Gasteiger partial charge in [-0.25, -0.2) is 4.98 Å². The highest BCUT2D eigenvalue weighted by atomic mass is 16.3. The Kier molecular flexibility index (Phi) is 5.94. The van der Waals surface area contributed by atoms with E-state index >= 15 is 0 Å². The van der Waals surface area contributed by atoms with E-state index in [1.807, 2.05) is 12.1 Å². The van der Waals surface area contributed by atoms with Gasteiger partial charge in [0.15, 0.2) is 0 Å². The highest BCUT2D eigenvalue weighted by Gasteiger charge is 2.16. The fraction of sp³-hybridized carbons (Fsp3) is 0.615. The number of aliphatic hydroxyl groups excluding tert-OH is 1. The number of anilines is 1. The first-order chi connectivity index (χ1) is 8.26. The van der Waals surface area contributed by atoms with Crippen molar-refractivity contribution in [3.63, 3.8) is 0 Å². The molecule has 0 saturated heterocycles. The third-order valence-corrected chi connectivity index (χ3v) is 3.06. The fourth-order valence-electron chi connectivity index (χ4n) is 2.07. The molecule has 0 aliphatic carbocycles. The lowest BCUT2D eigenvalue weighted by Crippen LogP contribution is -2.37. The molecule has 96 valence electrons. The number of aliphatic hydroxyl groups is 1. The van der Waals surface area contributed by atoms with E-state index in [1.165, 1.54) is 0 Å². The summed E-state index contributed by atoms with van der Waals surface area (Å²) in [5, 5.41) is 9.17. The van der Waals surface area contributed by atoms with Crippen LogP contribution >= 0.6 is 0 Å². The monoisotopic (exact) mass is 237 g/mol. The summed E-state index contributed by atoms with van der Waals surface area (Å²) in [5.41, 5.74) is 6.71. The molecule has 0 aliphatic rings. The number of aromatic nitrogens is 1. The summed E-state index contributed by atoms with van der Waals surface area (Å²) in [7, 11) is 0. The van der Waals surface area contributed by atoms with E-state index < -0.39 is 0 Å². The standard InChI is InChI=1S/C13H23N3O/c1-3-12(4-2)16(7-8-17)13-9-11(10-14)5-6-15-13/h5-6,9,12,17H,3-4,7-8,10,14H2,1-2H3. The van der Waals surface area contributed by atoms with Crippen LogP contribution in [0.4, 0.5) is 5.82 Å². The third-order valence-electron chi connectivity index (χ3n) is 3.06. The van der Waals surface area contributed by atoms with Crippen molar-refractivity contribution in [2.75, 3.05) is 18.1 Å². The van der Waals surface area contributed by atoms with Crippen molar-refractivity contribution < 1.29 is 5.11 Å². The molecule has 1 heterocycles. The molecule has 0 unspecified atom stereocenters. The SMILES string of the molecule is CCC(CC)N(CCO)c1cc(CN)ccn1. The van der Waals surface area contributed by atoms with E-state index in [0.29, 0.717) is 19.1 Å². The molecule has 0 atom stereocenters. The first-order valence-electron chi connectivity index (χ1n) is 6.29. The lowest BCUT2D eigenvalue weighted by Gasteiger charge is -2.31. The molecular weight excluding hydrogens is 214 g/mol. The summed E-state index contributed by atoms with van der Waals surface area (Å²) in [6, 6.07) is 4.35. The second-order valence-electron chi connectivity index (χ2n) is 4.11. The van der Waals surface area contributed by atoms with Gasteiger partial charge in [-0.15, -0.1) is 0 Å². The van der Waals surface area contributed by atoms with Gasteiger partial charge in [0, 0.05) is 25.3 Å². The number of nitrogens with two attached hydrogens (primary N) is 1. The Morgan fingerprint density at radius 2 is 2.12 bits per heavy atom. The van der Waals surface area contributed by atoms with Crippen LogP contribution in [0.15, 0.2) is 18.3 Å². The van der Waals surface area contributed by atoms with Crippen LogP contribution in [-0.2, 0) is 6.54 Å². The van der Waals surface area contributed by atoms with Crippen LogP contribution in [0.25, 0.3) is 0 Å². The minimum Gasteiger partial charge on any atom is -0.395 e. The van der Waals surface area contributed by atoms with Crippen molar-refractivity contribution in [3.05, 3.63) is 23.9 Å². The Bertz CT molecular complexity index is 326. The quantitative estimate of drug-likeness (QED) is 0.755. The summed E-state index contributed by atoms with van der Waals surface area (Å²) < 4.78 is 0. The maximum absolute atomic E-state index is 9.17. The molecule has 0 aromatic carbocycles. The zero-order chi connectivity index (χ0) is 12.7. The van der Waals surface area contributed by atoms with E-state index in [9.17, 15) is 5.11 Å². The summed E-state index contributed by atoms with van der Waals surface area (Å²) in [5.74, 6) is 0.913. The minimum atomic E-state index is 0.144. The molecule has 1 aromatic heterocycles. The summed E-state index contributed by atoms with van der Waals surface area (Å²) in [6.07, 6.45) is 3.88. The number of hydrogen-bond donors (Lipinski definition) is 2. The average molecular weight is 237 g/mol. The molecule has 0 saturated carbocycles.